The second kappa shape index (κ2) is 16.7. The minimum absolute atomic E-state index is 0.0209. The summed E-state index contributed by atoms with van der Waals surface area (Å²) in [6.45, 7) is 6.60. The standard InChI is InChI=1S/C43H47Cl2F2N3O6/c1-43(2,3)55-42(52)50-29-12-18-37(50)38(41(51)49(28-10-11-28)23-27-20-25(6-5-19-53-4)7-15-33(27)44)32(21-29)26-8-13-30(14-9-26)54-24-31-22-36(48-56-31)39-34(46)16-17-35(47)40(39)45/h7-9,13-17,20,22,28-29,32,37-38H,5-6,10-12,18-19,21,23-24H2,1-4H3. The van der Waals surface area contributed by atoms with E-state index in [2.05, 4.69) is 11.2 Å². The first-order chi connectivity index (χ1) is 26.8. The van der Waals surface area contributed by atoms with Crippen molar-refractivity contribution in [3.8, 4) is 17.0 Å². The van der Waals surface area contributed by atoms with E-state index in [1.165, 1.54) is 6.07 Å². The van der Waals surface area contributed by atoms with Crippen LogP contribution in [0.2, 0.25) is 10.0 Å². The van der Waals surface area contributed by atoms with Crippen molar-refractivity contribution in [3.05, 3.63) is 105 Å². The van der Waals surface area contributed by atoms with Gasteiger partial charge in [-0.3, -0.25) is 4.79 Å². The van der Waals surface area contributed by atoms with Crippen molar-refractivity contribution >= 4 is 35.2 Å². The highest BCUT2D eigenvalue weighted by Crippen LogP contribution is 2.49. The third-order valence-electron chi connectivity index (χ3n) is 10.9. The van der Waals surface area contributed by atoms with Crippen molar-refractivity contribution in [2.75, 3.05) is 13.7 Å². The van der Waals surface area contributed by atoms with Crippen LogP contribution in [-0.4, -0.2) is 64.4 Å². The molecule has 1 saturated carbocycles. The van der Waals surface area contributed by atoms with Gasteiger partial charge in [-0.1, -0.05) is 52.6 Å². The molecule has 4 unspecified atom stereocenters. The van der Waals surface area contributed by atoms with Gasteiger partial charge >= 0.3 is 6.09 Å². The number of methoxy groups -OCH3 is 1. The maximum Gasteiger partial charge on any atom is 0.410 e. The number of carbonyl (C=O) groups is 2. The summed E-state index contributed by atoms with van der Waals surface area (Å²) in [6, 6.07) is 16.8. The highest BCUT2D eigenvalue weighted by atomic mass is 35.5. The van der Waals surface area contributed by atoms with Crippen LogP contribution < -0.4 is 4.74 Å². The molecule has 298 valence electrons. The molecule has 1 aliphatic carbocycles. The maximum atomic E-state index is 15.1. The molecular weight excluding hydrogens is 763 g/mol. The second-order valence-corrected chi connectivity index (χ2v) is 16.8. The molecule has 2 aliphatic heterocycles. The Hall–Kier alpha value is -4.19. The molecule has 9 nitrogen and oxygen atoms in total. The molecule has 2 saturated heterocycles. The first-order valence-corrected chi connectivity index (χ1v) is 20.0. The Kier molecular flexibility index (Phi) is 12.0. The molecule has 3 heterocycles. The molecule has 3 aromatic carbocycles. The molecule has 7 rings (SSSR count). The number of aryl methyl sites for hydroxylation is 1. The van der Waals surface area contributed by atoms with Crippen molar-refractivity contribution in [2.45, 2.75) is 109 Å². The summed E-state index contributed by atoms with van der Waals surface area (Å²) in [5.41, 5.74) is 2.23. The maximum absolute atomic E-state index is 15.1. The third-order valence-corrected chi connectivity index (χ3v) is 11.6. The van der Waals surface area contributed by atoms with Crippen molar-refractivity contribution in [1.29, 1.82) is 0 Å². The zero-order chi connectivity index (χ0) is 39.7. The minimum Gasteiger partial charge on any atom is -0.486 e. The number of ether oxygens (including phenoxy) is 3. The summed E-state index contributed by atoms with van der Waals surface area (Å²) < 4.78 is 51.0. The van der Waals surface area contributed by atoms with Gasteiger partial charge in [-0.25, -0.2) is 13.6 Å². The van der Waals surface area contributed by atoms with E-state index < -0.39 is 23.2 Å². The van der Waals surface area contributed by atoms with Crippen LogP contribution in [0.5, 0.6) is 5.75 Å². The molecule has 3 fully saturated rings. The fourth-order valence-corrected chi connectivity index (χ4v) is 8.61. The third kappa shape index (κ3) is 8.85. The number of hydrogen-bond acceptors (Lipinski definition) is 7. The van der Waals surface area contributed by atoms with E-state index >= 15 is 4.79 Å². The number of rotatable bonds is 13. The van der Waals surface area contributed by atoms with E-state index in [-0.39, 0.29) is 58.9 Å². The SMILES string of the molecule is COCCCc1ccc(Cl)c(CN(C(=O)C2C(c3ccc(OCc4cc(-c5c(F)ccc(F)c5Cl)no4)cc3)CC3CCC2N3C(=O)OC(C)(C)C)C2CC2)c1. The Labute approximate surface area is 336 Å². The molecule has 56 heavy (non-hydrogen) atoms. The molecule has 3 aliphatic rings. The average Bonchev–Trinajstić information content (AvgIpc) is 3.81. The fourth-order valence-electron chi connectivity index (χ4n) is 8.18. The Balaban J connectivity index is 1.13. The summed E-state index contributed by atoms with van der Waals surface area (Å²) in [7, 11) is 1.69. The van der Waals surface area contributed by atoms with E-state index in [0.717, 1.165) is 60.9 Å². The highest BCUT2D eigenvalue weighted by Gasteiger charge is 2.55. The van der Waals surface area contributed by atoms with Gasteiger partial charge in [0.05, 0.1) is 16.5 Å². The summed E-state index contributed by atoms with van der Waals surface area (Å²) >= 11 is 12.8. The van der Waals surface area contributed by atoms with E-state index in [4.69, 9.17) is 41.9 Å². The molecule has 4 aromatic rings. The van der Waals surface area contributed by atoms with Crippen molar-refractivity contribution in [1.82, 2.24) is 15.0 Å². The van der Waals surface area contributed by atoms with Gasteiger partial charge in [-0.15, -0.1) is 0 Å². The van der Waals surface area contributed by atoms with Crippen LogP contribution in [0.25, 0.3) is 11.3 Å². The lowest BCUT2D eigenvalue weighted by Crippen LogP contribution is -2.56. The summed E-state index contributed by atoms with van der Waals surface area (Å²) in [5, 5.41) is 4.11. The van der Waals surface area contributed by atoms with E-state index in [9.17, 15) is 13.6 Å². The molecule has 0 radical (unpaired) electrons. The highest BCUT2D eigenvalue weighted by molar-refractivity contribution is 6.33. The van der Waals surface area contributed by atoms with Crippen LogP contribution in [0, 0.1) is 17.6 Å². The number of nitrogens with zero attached hydrogens (tertiary/aromatic N) is 3. The topological polar surface area (TPSA) is 94.3 Å². The van der Waals surface area contributed by atoms with E-state index in [1.54, 1.807) is 7.11 Å². The summed E-state index contributed by atoms with van der Waals surface area (Å²) in [6.07, 6.45) is 5.28. The van der Waals surface area contributed by atoms with Crippen LogP contribution in [0.3, 0.4) is 0 Å². The average molecular weight is 811 g/mol. The van der Waals surface area contributed by atoms with Gasteiger partial charge in [0, 0.05) is 49.5 Å². The van der Waals surface area contributed by atoms with Gasteiger partial charge in [0.1, 0.15) is 35.3 Å². The number of carbonyl (C=O) groups excluding carboxylic acids is 2. The molecule has 1 aromatic heterocycles. The normalized spacial score (nSPS) is 20.6. The quantitative estimate of drug-likeness (QED) is 0.0981. The van der Waals surface area contributed by atoms with Crippen molar-refractivity contribution in [2.24, 2.45) is 5.92 Å². The Bertz CT molecular complexity index is 2050. The number of fused-ring (bicyclic) bond motifs is 2. The Morgan fingerprint density at radius 2 is 1.73 bits per heavy atom. The predicted molar refractivity (Wildman–Crippen MR) is 209 cm³/mol. The van der Waals surface area contributed by atoms with Gasteiger partial charge < -0.3 is 28.5 Å². The second-order valence-electron chi connectivity index (χ2n) is 16.0. The van der Waals surface area contributed by atoms with Gasteiger partial charge in [-0.05, 0) is 119 Å². The number of hydrogen-bond donors (Lipinski definition) is 0. The van der Waals surface area contributed by atoms with Gasteiger partial charge in [0.2, 0.25) is 5.91 Å². The van der Waals surface area contributed by atoms with Crippen LogP contribution >= 0.6 is 23.2 Å². The predicted octanol–water partition coefficient (Wildman–Crippen LogP) is 10.1. The molecular formula is C43H47Cl2F2N3O6. The molecule has 13 heteroatoms. The molecule has 0 spiro atoms. The monoisotopic (exact) mass is 809 g/mol. The van der Waals surface area contributed by atoms with Gasteiger partial charge in [0.15, 0.2) is 5.76 Å². The number of benzene rings is 3. The zero-order valence-electron chi connectivity index (χ0n) is 32.0. The largest absolute Gasteiger partial charge is 0.486 e. The Morgan fingerprint density at radius 1 is 0.982 bits per heavy atom. The van der Waals surface area contributed by atoms with Crippen LogP contribution in [0.15, 0.2) is 65.2 Å². The van der Waals surface area contributed by atoms with Crippen LogP contribution in [-0.2, 0) is 33.8 Å². The van der Waals surface area contributed by atoms with E-state index in [1.807, 2.05) is 67.0 Å². The lowest BCUT2D eigenvalue weighted by molar-refractivity contribution is -0.141. The number of amides is 2. The fraction of sp³-hybridized carbons (Fsp3) is 0.465. The molecule has 2 bridgehead atoms. The zero-order valence-corrected chi connectivity index (χ0v) is 33.5. The molecule has 4 atom stereocenters. The first kappa shape index (κ1) is 40.0. The lowest BCUT2D eigenvalue weighted by atomic mass is 9.75. The molecule has 2 amide bonds. The molecule has 0 N–H and O–H groups in total. The van der Waals surface area contributed by atoms with Gasteiger partial charge in [-0.2, -0.15) is 0 Å². The first-order valence-electron chi connectivity index (χ1n) is 19.2. The van der Waals surface area contributed by atoms with Crippen molar-refractivity contribution < 1.29 is 37.1 Å². The lowest BCUT2D eigenvalue weighted by Gasteiger charge is -2.45. The van der Waals surface area contributed by atoms with E-state index in [0.29, 0.717) is 42.5 Å². The number of aromatic nitrogens is 1. The smallest absolute Gasteiger partial charge is 0.410 e. The minimum atomic E-state index is -0.764. The number of piperidine rings is 1. The Morgan fingerprint density at radius 3 is 2.45 bits per heavy atom. The summed E-state index contributed by atoms with van der Waals surface area (Å²) in [5.74, 6) is -1.29. The summed E-state index contributed by atoms with van der Waals surface area (Å²) in [4.78, 5) is 32.7. The van der Waals surface area contributed by atoms with Crippen LogP contribution in [0.4, 0.5) is 13.6 Å². The van der Waals surface area contributed by atoms with Gasteiger partial charge in [0.25, 0.3) is 0 Å². The number of halogens is 4. The van der Waals surface area contributed by atoms with Crippen LogP contribution in [0.1, 0.15) is 87.7 Å². The van der Waals surface area contributed by atoms with Crippen molar-refractivity contribution in [3.63, 3.8) is 0 Å².